The molecule has 100 valence electrons. The fraction of sp³-hybridized carbons (Fsp3) is 0.400. The van der Waals surface area contributed by atoms with Crippen LogP contribution in [-0.4, -0.2) is 17.4 Å². The van der Waals surface area contributed by atoms with Crippen LogP contribution >= 0.6 is 0 Å². The molecule has 1 aromatic carbocycles. The van der Waals surface area contributed by atoms with Crippen molar-refractivity contribution in [2.45, 2.75) is 33.1 Å². The molecule has 0 saturated heterocycles. The summed E-state index contributed by atoms with van der Waals surface area (Å²) in [6.45, 7) is 4.08. The summed E-state index contributed by atoms with van der Waals surface area (Å²) >= 11 is 0. The molecule has 1 N–H and O–H groups in total. The predicted molar refractivity (Wildman–Crippen MR) is 74.0 cm³/mol. The number of nitrogens with zero attached hydrogens (tertiary/aromatic N) is 1. The first-order chi connectivity index (χ1) is 8.96. The second-order valence-corrected chi connectivity index (χ2v) is 5.72. The Morgan fingerprint density at radius 2 is 1.89 bits per heavy atom. The summed E-state index contributed by atoms with van der Waals surface area (Å²) in [6.07, 6.45) is 1.67. The standard InChI is InChI=1S/C15H18N2O2/c1-15(2)9-12(8-13(18)10-15)16-17-14(19)11-6-4-3-5-7-11/h3-7H,8-10H2,1-2H3,(H,17,19)/b16-12+. The first-order valence-electron chi connectivity index (χ1n) is 6.39. The Kier molecular flexibility index (Phi) is 3.79. The highest BCUT2D eigenvalue weighted by atomic mass is 16.2. The number of hydrazone groups is 1. The fourth-order valence-corrected chi connectivity index (χ4v) is 2.36. The van der Waals surface area contributed by atoms with Gasteiger partial charge in [-0.15, -0.1) is 0 Å². The average molecular weight is 258 g/mol. The number of hydrogen-bond donors (Lipinski definition) is 1. The van der Waals surface area contributed by atoms with E-state index in [0.717, 1.165) is 12.1 Å². The molecule has 4 nitrogen and oxygen atoms in total. The maximum atomic E-state index is 11.8. The average Bonchev–Trinajstić information content (AvgIpc) is 2.34. The SMILES string of the molecule is CC1(C)CC(=O)C/C(=N\NC(=O)c2ccccc2)C1. The van der Waals surface area contributed by atoms with Crippen LogP contribution in [0.2, 0.25) is 0 Å². The van der Waals surface area contributed by atoms with Crippen LogP contribution in [0.1, 0.15) is 43.5 Å². The first-order valence-corrected chi connectivity index (χ1v) is 6.39. The van der Waals surface area contributed by atoms with Crippen molar-refractivity contribution in [3.8, 4) is 0 Å². The normalized spacial score (nSPS) is 20.3. The van der Waals surface area contributed by atoms with Crippen LogP contribution in [-0.2, 0) is 4.79 Å². The van der Waals surface area contributed by atoms with Crippen molar-refractivity contribution in [1.82, 2.24) is 5.43 Å². The van der Waals surface area contributed by atoms with Gasteiger partial charge in [-0.3, -0.25) is 9.59 Å². The van der Waals surface area contributed by atoms with Crippen molar-refractivity contribution < 1.29 is 9.59 Å². The molecule has 4 heteroatoms. The summed E-state index contributed by atoms with van der Waals surface area (Å²) in [6, 6.07) is 8.91. The zero-order valence-electron chi connectivity index (χ0n) is 11.3. The first kappa shape index (κ1) is 13.5. The van der Waals surface area contributed by atoms with Crippen LogP contribution < -0.4 is 5.43 Å². The van der Waals surface area contributed by atoms with Gasteiger partial charge >= 0.3 is 0 Å². The van der Waals surface area contributed by atoms with Crippen LogP contribution in [0.3, 0.4) is 0 Å². The smallest absolute Gasteiger partial charge is 0.271 e. The number of carbonyl (C=O) groups excluding carboxylic acids is 2. The van der Waals surface area contributed by atoms with Gasteiger partial charge in [0, 0.05) is 24.1 Å². The molecule has 19 heavy (non-hydrogen) atoms. The molecule has 1 aliphatic rings. The third kappa shape index (κ3) is 3.74. The van der Waals surface area contributed by atoms with E-state index in [2.05, 4.69) is 10.5 Å². The third-order valence-electron chi connectivity index (χ3n) is 3.11. The molecule has 0 unspecified atom stereocenters. The molecule has 0 aliphatic heterocycles. The Morgan fingerprint density at radius 3 is 2.53 bits per heavy atom. The van der Waals surface area contributed by atoms with Gasteiger partial charge < -0.3 is 0 Å². The van der Waals surface area contributed by atoms with E-state index in [1.807, 2.05) is 19.9 Å². The van der Waals surface area contributed by atoms with Gasteiger partial charge in [0.1, 0.15) is 5.78 Å². The monoisotopic (exact) mass is 258 g/mol. The lowest BCUT2D eigenvalue weighted by Gasteiger charge is -2.28. The second kappa shape index (κ2) is 5.34. The number of nitrogens with one attached hydrogen (secondary N) is 1. The van der Waals surface area contributed by atoms with Gasteiger partial charge in [0.2, 0.25) is 0 Å². The highest BCUT2D eigenvalue weighted by Gasteiger charge is 2.30. The van der Waals surface area contributed by atoms with Gasteiger partial charge in [-0.25, -0.2) is 5.43 Å². The maximum Gasteiger partial charge on any atom is 0.271 e. The molecule has 1 fully saturated rings. The summed E-state index contributed by atoms with van der Waals surface area (Å²) in [7, 11) is 0. The Balaban J connectivity index is 2.03. The number of benzene rings is 1. The van der Waals surface area contributed by atoms with E-state index in [0.29, 0.717) is 18.4 Å². The van der Waals surface area contributed by atoms with Crippen molar-refractivity contribution in [3.05, 3.63) is 35.9 Å². The largest absolute Gasteiger partial charge is 0.299 e. The van der Waals surface area contributed by atoms with Gasteiger partial charge in [0.25, 0.3) is 5.91 Å². The van der Waals surface area contributed by atoms with Gasteiger partial charge in [0.15, 0.2) is 0 Å². The van der Waals surface area contributed by atoms with Crippen molar-refractivity contribution in [2.24, 2.45) is 10.5 Å². The molecule has 2 rings (SSSR count). The number of carbonyl (C=O) groups is 2. The molecule has 0 atom stereocenters. The van der Waals surface area contributed by atoms with E-state index < -0.39 is 0 Å². The topological polar surface area (TPSA) is 58.5 Å². The van der Waals surface area contributed by atoms with E-state index in [1.165, 1.54) is 0 Å². The van der Waals surface area contributed by atoms with E-state index in [9.17, 15) is 9.59 Å². The third-order valence-corrected chi connectivity index (χ3v) is 3.11. The number of amides is 1. The van der Waals surface area contributed by atoms with Gasteiger partial charge in [-0.1, -0.05) is 32.0 Å². The Labute approximate surface area is 112 Å². The zero-order valence-corrected chi connectivity index (χ0v) is 11.3. The molecule has 1 aromatic rings. The van der Waals surface area contributed by atoms with Gasteiger partial charge in [-0.05, 0) is 24.0 Å². The quantitative estimate of drug-likeness (QED) is 0.829. The minimum Gasteiger partial charge on any atom is -0.299 e. The van der Waals surface area contributed by atoms with E-state index >= 15 is 0 Å². The van der Waals surface area contributed by atoms with Gasteiger partial charge in [-0.2, -0.15) is 5.10 Å². The molecule has 0 aromatic heterocycles. The summed E-state index contributed by atoms with van der Waals surface area (Å²) in [5.74, 6) is -0.0621. The maximum absolute atomic E-state index is 11.8. The molecular formula is C15H18N2O2. The molecule has 0 bridgehead atoms. The predicted octanol–water partition coefficient (Wildman–Crippen LogP) is 2.55. The molecule has 1 aliphatic carbocycles. The molecule has 0 heterocycles. The summed E-state index contributed by atoms with van der Waals surface area (Å²) < 4.78 is 0. The summed E-state index contributed by atoms with van der Waals surface area (Å²) in [5, 5.41) is 4.10. The zero-order chi connectivity index (χ0) is 13.9. The number of ketones is 1. The van der Waals surface area contributed by atoms with E-state index in [4.69, 9.17) is 0 Å². The van der Waals surface area contributed by atoms with E-state index in [1.54, 1.807) is 24.3 Å². The Bertz CT molecular complexity index is 518. The minimum atomic E-state index is -0.246. The number of hydrogen-bond acceptors (Lipinski definition) is 3. The van der Waals surface area contributed by atoms with Crippen molar-refractivity contribution >= 4 is 17.4 Å². The highest BCUT2D eigenvalue weighted by molar-refractivity contribution is 6.05. The van der Waals surface area contributed by atoms with Crippen LogP contribution in [0.4, 0.5) is 0 Å². The lowest BCUT2D eigenvalue weighted by molar-refractivity contribution is -0.120. The number of rotatable bonds is 2. The molecule has 0 spiro atoms. The van der Waals surface area contributed by atoms with Crippen LogP contribution in [0, 0.1) is 5.41 Å². The summed E-state index contributed by atoms with van der Waals surface area (Å²) in [4.78, 5) is 23.4. The highest BCUT2D eigenvalue weighted by Crippen LogP contribution is 2.31. The lowest BCUT2D eigenvalue weighted by atomic mass is 9.76. The minimum absolute atomic E-state index is 0.0638. The van der Waals surface area contributed by atoms with Crippen LogP contribution in [0.15, 0.2) is 35.4 Å². The van der Waals surface area contributed by atoms with Crippen LogP contribution in [0.25, 0.3) is 0 Å². The molecule has 0 radical (unpaired) electrons. The van der Waals surface area contributed by atoms with Crippen molar-refractivity contribution in [1.29, 1.82) is 0 Å². The van der Waals surface area contributed by atoms with Crippen molar-refractivity contribution in [3.63, 3.8) is 0 Å². The van der Waals surface area contributed by atoms with Crippen LogP contribution in [0.5, 0.6) is 0 Å². The Morgan fingerprint density at radius 1 is 1.21 bits per heavy atom. The van der Waals surface area contributed by atoms with Crippen molar-refractivity contribution in [2.75, 3.05) is 0 Å². The fourth-order valence-electron chi connectivity index (χ4n) is 2.36. The second-order valence-electron chi connectivity index (χ2n) is 5.72. The number of Topliss-reactive ketones (excluding diaryl/α,β-unsaturated/α-hetero) is 1. The lowest BCUT2D eigenvalue weighted by Crippen LogP contribution is -2.31. The molecule has 1 saturated carbocycles. The Hall–Kier alpha value is -1.97. The summed E-state index contributed by atoms with van der Waals surface area (Å²) in [5.41, 5.74) is 3.78. The van der Waals surface area contributed by atoms with E-state index in [-0.39, 0.29) is 17.1 Å². The molecular weight excluding hydrogens is 240 g/mol. The van der Waals surface area contributed by atoms with Gasteiger partial charge in [0.05, 0.1) is 0 Å². The molecule has 1 amide bonds.